The Labute approximate surface area is 137 Å². The summed E-state index contributed by atoms with van der Waals surface area (Å²) in [5, 5.41) is 0. The molecule has 0 radical (unpaired) electrons. The molecular weight excluding hydrogens is 284 g/mol. The van der Waals surface area contributed by atoms with Crippen LogP contribution in [0.4, 0.5) is 0 Å². The van der Waals surface area contributed by atoms with Gasteiger partial charge in [0.15, 0.2) is 0 Å². The molecule has 0 saturated heterocycles. The van der Waals surface area contributed by atoms with E-state index in [1.165, 1.54) is 11.1 Å². The molecule has 3 rings (SSSR count). The van der Waals surface area contributed by atoms with Crippen molar-refractivity contribution in [3.8, 4) is 17.2 Å². The quantitative estimate of drug-likeness (QED) is 0.588. The lowest BCUT2D eigenvalue weighted by molar-refractivity contribution is 0.304. The van der Waals surface area contributed by atoms with Crippen molar-refractivity contribution >= 4 is 0 Å². The second-order valence-electron chi connectivity index (χ2n) is 5.30. The van der Waals surface area contributed by atoms with Gasteiger partial charge in [-0.2, -0.15) is 0 Å². The van der Waals surface area contributed by atoms with Gasteiger partial charge in [0.2, 0.25) is 0 Å². The maximum atomic E-state index is 5.88. The van der Waals surface area contributed by atoms with Crippen LogP contribution in [0, 0.1) is 0 Å². The van der Waals surface area contributed by atoms with Crippen LogP contribution in [0.1, 0.15) is 18.1 Å². The summed E-state index contributed by atoms with van der Waals surface area (Å²) in [4.78, 5) is 0. The third-order valence-electron chi connectivity index (χ3n) is 3.70. The first-order valence-corrected chi connectivity index (χ1v) is 7.87. The summed E-state index contributed by atoms with van der Waals surface area (Å²) in [6, 6.07) is 25.9. The van der Waals surface area contributed by atoms with Gasteiger partial charge in [-0.3, -0.25) is 0 Å². The molecule has 0 atom stereocenters. The predicted octanol–water partition coefficient (Wildman–Crippen LogP) is 5.62. The molecule has 0 saturated carbocycles. The van der Waals surface area contributed by atoms with Gasteiger partial charge in [-0.25, -0.2) is 0 Å². The van der Waals surface area contributed by atoms with E-state index in [0.717, 1.165) is 23.7 Å². The number of rotatable bonds is 6. The highest BCUT2D eigenvalue weighted by Crippen LogP contribution is 2.24. The van der Waals surface area contributed by atoms with Crippen LogP contribution in [-0.4, -0.2) is 0 Å². The summed E-state index contributed by atoms with van der Waals surface area (Å²) >= 11 is 0. The lowest BCUT2D eigenvalue weighted by Crippen LogP contribution is -1.99. The van der Waals surface area contributed by atoms with Crippen molar-refractivity contribution in [1.29, 1.82) is 0 Å². The first-order chi connectivity index (χ1) is 11.3. The molecule has 0 spiro atoms. The fourth-order valence-corrected chi connectivity index (χ4v) is 2.43. The summed E-state index contributed by atoms with van der Waals surface area (Å²) in [7, 11) is 0. The standard InChI is InChI=1S/C21H20O2/c1-2-17-8-6-7-9-18(17)16-22-19-12-14-21(15-13-19)23-20-10-4-3-5-11-20/h3-15H,2,16H2,1H3. The molecule has 0 amide bonds. The Balaban J connectivity index is 1.61. The van der Waals surface area contributed by atoms with Gasteiger partial charge < -0.3 is 9.47 Å². The molecule has 2 nitrogen and oxygen atoms in total. The fourth-order valence-electron chi connectivity index (χ4n) is 2.43. The van der Waals surface area contributed by atoms with Crippen LogP contribution in [0.2, 0.25) is 0 Å². The highest BCUT2D eigenvalue weighted by Gasteiger charge is 2.02. The summed E-state index contributed by atoms with van der Waals surface area (Å²) in [5.74, 6) is 2.48. The summed E-state index contributed by atoms with van der Waals surface area (Å²) in [5.41, 5.74) is 2.57. The maximum Gasteiger partial charge on any atom is 0.127 e. The lowest BCUT2D eigenvalue weighted by Gasteiger charge is -2.11. The Bertz CT molecular complexity index is 733. The Morgan fingerprint density at radius 2 is 1.17 bits per heavy atom. The Morgan fingerprint density at radius 1 is 0.609 bits per heavy atom. The molecule has 0 heterocycles. The number of benzene rings is 3. The minimum Gasteiger partial charge on any atom is -0.489 e. The van der Waals surface area contributed by atoms with Crippen molar-refractivity contribution in [3.05, 3.63) is 90.0 Å². The van der Waals surface area contributed by atoms with Gasteiger partial charge in [0.05, 0.1) is 0 Å². The van der Waals surface area contributed by atoms with E-state index in [9.17, 15) is 0 Å². The molecule has 0 aromatic heterocycles. The third-order valence-corrected chi connectivity index (χ3v) is 3.70. The van der Waals surface area contributed by atoms with E-state index >= 15 is 0 Å². The average Bonchev–Trinajstić information content (AvgIpc) is 2.62. The van der Waals surface area contributed by atoms with E-state index in [0.29, 0.717) is 6.61 Å². The molecule has 23 heavy (non-hydrogen) atoms. The molecule has 116 valence electrons. The number of hydrogen-bond acceptors (Lipinski definition) is 2. The third kappa shape index (κ3) is 4.13. The highest BCUT2D eigenvalue weighted by molar-refractivity contribution is 5.35. The lowest BCUT2D eigenvalue weighted by atomic mass is 10.1. The zero-order valence-corrected chi connectivity index (χ0v) is 13.2. The maximum absolute atomic E-state index is 5.88. The first-order valence-electron chi connectivity index (χ1n) is 7.87. The van der Waals surface area contributed by atoms with Crippen molar-refractivity contribution < 1.29 is 9.47 Å². The highest BCUT2D eigenvalue weighted by atomic mass is 16.5. The van der Waals surface area contributed by atoms with Crippen LogP contribution in [0.3, 0.4) is 0 Å². The van der Waals surface area contributed by atoms with E-state index in [2.05, 4.69) is 31.2 Å². The molecule has 2 heteroatoms. The predicted molar refractivity (Wildman–Crippen MR) is 93.1 cm³/mol. The SMILES string of the molecule is CCc1ccccc1COc1ccc(Oc2ccccc2)cc1. The van der Waals surface area contributed by atoms with Crippen molar-refractivity contribution in [2.24, 2.45) is 0 Å². The first kappa shape index (κ1) is 15.2. The molecule has 3 aromatic rings. The van der Waals surface area contributed by atoms with Crippen LogP contribution in [-0.2, 0) is 13.0 Å². The molecule has 3 aromatic carbocycles. The number of ether oxygens (including phenoxy) is 2. The van der Waals surface area contributed by atoms with Gasteiger partial charge in [0.25, 0.3) is 0 Å². The van der Waals surface area contributed by atoms with E-state index in [4.69, 9.17) is 9.47 Å². The van der Waals surface area contributed by atoms with Gasteiger partial charge in [-0.05, 0) is 53.9 Å². The fraction of sp³-hybridized carbons (Fsp3) is 0.143. The largest absolute Gasteiger partial charge is 0.489 e. The smallest absolute Gasteiger partial charge is 0.127 e. The average molecular weight is 304 g/mol. The van der Waals surface area contributed by atoms with E-state index < -0.39 is 0 Å². The van der Waals surface area contributed by atoms with Gasteiger partial charge in [-0.1, -0.05) is 49.4 Å². The monoisotopic (exact) mass is 304 g/mol. The Kier molecular flexibility index (Phi) is 4.95. The van der Waals surface area contributed by atoms with Crippen LogP contribution in [0.15, 0.2) is 78.9 Å². The van der Waals surface area contributed by atoms with E-state index in [1.807, 2.05) is 54.6 Å². The van der Waals surface area contributed by atoms with Crippen molar-refractivity contribution in [1.82, 2.24) is 0 Å². The van der Waals surface area contributed by atoms with Gasteiger partial charge >= 0.3 is 0 Å². The summed E-state index contributed by atoms with van der Waals surface area (Å²) < 4.78 is 11.7. The van der Waals surface area contributed by atoms with Crippen molar-refractivity contribution in [2.45, 2.75) is 20.0 Å². The molecule has 0 aliphatic rings. The minimum atomic E-state index is 0.586. The molecule has 0 bridgehead atoms. The molecular formula is C21H20O2. The minimum absolute atomic E-state index is 0.586. The molecule has 0 unspecified atom stereocenters. The van der Waals surface area contributed by atoms with E-state index in [-0.39, 0.29) is 0 Å². The molecule has 0 N–H and O–H groups in total. The van der Waals surface area contributed by atoms with Crippen molar-refractivity contribution in [3.63, 3.8) is 0 Å². The Morgan fingerprint density at radius 3 is 1.87 bits per heavy atom. The van der Waals surface area contributed by atoms with Crippen LogP contribution >= 0.6 is 0 Å². The molecule has 0 aliphatic carbocycles. The zero-order valence-electron chi connectivity index (χ0n) is 13.2. The summed E-state index contributed by atoms with van der Waals surface area (Å²) in [6.07, 6.45) is 1.02. The topological polar surface area (TPSA) is 18.5 Å². The van der Waals surface area contributed by atoms with Gasteiger partial charge in [0.1, 0.15) is 23.9 Å². The van der Waals surface area contributed by atoms with Crippen LogP contribution in [0.5, 0.6) is 17.2 Å². The second-order valence-corrected chi connectivity index (χ2v) is 5.30. The summed E-state index contributed by atoms with van der Waals surface area (Å²) in [6.45, 7) is 2.75. The number of hydrogen-bond donors (Lipinski definition) is 0. The molecule has 0 aliphatic heterocycles. The van der Waals surface area contributed by atoms with Gasteiger partial charge in [0, 0.05) is 0 Å². The molecule has 0 fully saturated rings. The van der Waals surface area contributed by atoms with Gasteiger partial charge in [-0.15, -0.1) is 0 Å². The van der Waals surface area contributed by atoms with Crippen LogP contribution in [0.25, 0.3) is 0 Å². The Hall–Kier alpha value is -2.74. The number of aryl methyl sites for hydroxylation is 1. The zero-order chi connectivity index (χ0) is 15.9. The second kappa shape index (κ2) is 7.50. The van der Waals surface area contributed by atoms with Crippen molar-refractivity contribution in [2.75, 3.05) is 0 Å². The van der Waals surface area contributed by atoms with E-state index in [1.54, 1.807) is 0 Å². The number of para-hydroxylation sites is 1. The van der Waals surface area contributed by atoms with Crippen LogP contribution < -0.4 is 9.47 Å². The normalized spacial score (nSPS) is 10.3.